The number of ether oxygens (including phenoxy) is 2. The van der Waals surface area contributed by atoms with Gasteiger partial charge in [-0.2, -0.15) is 5.10 Å². The molecule has 1 aromatic heterocycles. The van der Waals surface area contributed by atoms with E-state index < -0.39 is 5.79 Å². The number of hydrogen-bond donors (Lipinski definition) is 2. The average Bonchev–Trinajstić information content (AvgIpc) is 2.69. The SMILES string of the molecule is CC1(C)OCC(NCc2ccn[nH]2)CO1. The first-order valence-corrected chi connectivity index (χ1v) is 5.15. The van der Waals surface area contributed by atoms with Crippen LogP contribution in [0.1, 0.15) is 19.5 Å². The third-order valence-corrected chi connectivity index (χ3v) is 2.40. The van der Waals surface area contributed by atoms with Crippen LogP contribution in [-0.2, 0) is 16.0 Å². The Morgan fingerprint density at radius 2 is 2.27 bits per heavy atom. The van der Waals surface area contributed by atoms with Crippen LogP contribution in [0.25, 0.3) is 0 Å². The van der Waals surface area contributed by atoms with Crippen molar-refractivity contribution in [1.82, 2.24) is 15.5 Å². The lowest BCUT2D eigenvalue weighted by Crippen LogP contribution is -2.48. The number of H-pyrrole nitrogens is 1. The van der Waals surface area contributed by atoms with Crippen LogP contribution in [0.5, 0.6) is 0 Å². The maximum Gasteiger partial charge on any atom is 0.162 e. The molecule has 1 aliphatic rings. The van der Waals surface area contributed by atoms with E-state index in [-0.39, 0.29) is 6.04 Å². The maximum absolute atomic E-state index is 5.54. The molecule has 0 bridgehead atoms. The lowest BCUT2D eigenvalue weighted by molar-refractivity contribution is -0.253. The first kappa shape index (κ1) is 10.6. The Morgan fingerprint density at radius 1 is 1.53 bits per heavy atom. The van der Waals surface area contributed by atoms with Crippen molar-refractivity contribution >= 4 is 0 Å². The van der Waals surface area contributed by atoms with Crippen molar-refractivity contribution in [3.05, 3.63) is 18.0 Å². The van der Waals surface area contributed by atoms with Crippen LogP contribution in [0.3, 0.4) is 0 Å². The van der Waals surface area contributed by atoms with Crippen LogP contribution in [-0.4, -0.2) is 35.2 Å². The van der Waals surface area contributed by atoms with Crippen molar-refractivity contribution in [3.63, 3.8) is 0 Å². The summed E-state index contributed by atoms with van der Waals surface area (Å²) in [6, 6.07) is 2.20. The molecule has 5 heteroatoms. The highest BCUT2D eigenvalue weighted by atomic mass is 16.7. The predicted octanol–water partition coefficient (Wildman–Crippen LogP) is 0.651. The first-order valence-electron chi connectivity index (χ1n) is 5.15. The Bertz CT molecular complexity index is 288. The molecule has 1 fully saturated rings. The summed E-state index contributed by atoms with van der Waals surface area (Å²) in [5.74, 6) is -0.438. The van der Waals surface area contributed by atoms with E-state index in [4.69, 9.17) is 9.47 Å². The molecular formula is C10H17N3O2. The van der Waals surface area contributed by atoms with Gasteiger partial charge in [-0.05, 0) is 19.9 Å². The van der Waals surface area contributed by atoms with Gasteiger partial charge in [0.1, 0.15) is 0 Å². The fourth-order valence-electron chi connectivity index (χ4n) is 1.45. The summed E-state index contributed by atoms with van der Waals surface area (Å²) >= 11 is 0. The number of rotatable bonds is 3. The zero-order valence-electron chi connectivity index (χ0n) is 9.12. The van der Waals surface area contributed by atoms with E-state index in [0.29, 0.717) is 13.2 Å². The molecule has 0 aliphatic carbocycles. The van der Waals surface area contributed by atoms with Gasteiger partial charge in [0.15, 0.2) is 5.79 Å². The lowest BCUT2D eigenvalue weighted by atomic mass is 10.2. The molecule has 2 N–H and O–H groups in total. The largest absolute Gasteiger partial charge is 0.349 e. The van der Waals surface area contributed by atoms with Crippen LogP contribution in [0.2, 0.25) is 0 Å². The van der Waals surface area contributed by atoms with Crippen molar-refractivity contribution in [2.75, 3.05) is 13.2 Å². The second-order valence-corrected chi connectivity index (χ2v) is 4.18. The molecule has 1 aliphatic heterocycles. The van der Waals surface area contributed by atoms with Crippen molar-refractivity contribution < 1.29 is 9.47 Å². The van der Waals surface area contributed by atoms with Crippen LogP contribution in [0, 0.1) is 0 Å². The Kier molecular flexibility index (Phi) is 3.04. The number of nitrogens with one attached hydrogen (secondary N) is 2. The minimum absolute atomic E-state index is 0.251. The average molecular weight is 211 g/mol. The van der Waals surface area contributed by atoms with Crippen molar-refractivity contribution in [3.8, 4) is 0 Å². The quantitative estimate of drug-likeness (QED) is 0.770. The van der Waals surface area contributed by atoms with Crippen LogP contribution < -0.4 is 5.32 Å². The summed E-state index contributed by atoms with van der Waals surface area (Å²) in [6.45, 7) is 5.98. The number of aromatic nitrogens is 2. The lowest BCUT2D eigenvalue weighted by Gasteiger charge is -2.35. The highest BCUT2D eigenvalue weighted by molar-refractivity contribution is 4.97. The Hall–Kier alpha value is -0.910. The molecule has 0 aromatic carbocycles. The van der Waals surface area contributed by atoms with Gasteiger partial charge in [-0.25, -0.2) is 0 Å². The molecule has 0 radical (unpaired) electrons. The van der Waals surface area contributed by atoms with Crippen LogP contribution >= 0.6 is 0 Å². The number of nitrogens with zero attached hydrogens (tertiary/aromatic N) is 1. The Labute approximate surface area is 89.2 Å². The monoisotopic (exact) mass is 211 g/mol. The molecular weight excluding hydrogens is 194 g/mol. The molecule has 1 saturated heterocycles. The molecule has 2 rings (SSSR count). The summed E-state index contributed by atoms with van der Waals surface area (Å²) in [6.07, 6.45) is 1.74. The van der Waals surface area contributed by atoms with Gasteiger partial charge >= 0.3 is 0 Å². The second kappa shape index (κ2) is 4.30. The van der Waals surface area contributed by atoms with E-state index in [1.807, 2.05) is 19.9 Å². The summed E-state index contributed by atoms with van der Waals surface area (Å²) in [5.41, 5.74) is 1.07. The smallest absolute Gasteiger partial charge is 0.162 e. The van der Waals surface area contributed by atoms with Gasteiger partial charge in [-0.3, -0.25) is 5.10 Å². The third-order valence-electron chi connectivity index (χ3n) is 2.40. The molecule has 84 valence electrons. The van der Waals surface area contributed by atoms with Gasteiger partial charge in [-0.15, -0.1) is 0 Å². The van der Waals surface area contributed by atoms with E-state index in [9.17, 15) is 0 Å². The minimum Gasteiger partial charge on any atom is -0.349 e. The van der Waals surface area contributed by atoms with Gasteiger partial charge in [0, 0.05) is 18.4 Å². The van der Waals surface area contributed by atoms with E-state index in [2.05, 4.69) is 15.5 Å². The molecule has 0 spiro atoms. The van der Waals surface area contributed by atoms with Gasteiger partial charge in [0.2, 0.25) is 0 Å². The predicted molar refractivity (Wildman–Crippen MR) is 55.2 cm³/mol. The van der Waals surface area contributed by atoms with Crippen LogP contribution in [0.4, 0.5) is 0 Å². The first-order chi connectivity index (χ1) is 7.16. The van der Waals surface area contributed by atoms with Gasteiger partial charge in [0.25, 0.3) is 0 Å². The van der Waals surface area contributed by atoms with E-state index in [0.717, 1.165) is 12.2 Å². The summed E-state index contributed by atoms with van der Waals surface area (Å²) in [7, 11) is 0. The fourth-order valence-corrected chi connectivity index (χ4v) is 1.45. The molecule has 0 amide bonds. The molecule has 1 aromatic rings. The zero-order valence-corrected chi connectivity index (χ0v) is 9.12. The van der Waals surface area contributed by atoms with E-state index >= 15 is 0 Å². The molecule has 0 saturated carbocycles. The van der Waals surface area contributed by atoms with Crippen LogP contribution in [0.15, 0.2) is 12.3 Å². The minimum atomic E-state index is -0.438. The topological polar surface area (TPSA) is 59.2 Å². The maximum atomic E-state index is 5.54. The summed E-state index contributed by atoms with van der Waals surface area (Å²) in [4.78, 5) is 0. The van der Waals surface area contributed by atoms with Gasteiger partial charge < -0.3 is 14.8 Å². The van der Waals surface area contributed by atoms with Crippen molar-refractivity contribution in [1.29, 1.82) is 0 Å². The van der Waals surface area contributed by atoms with Crippen molar-refractivity contribution in [2.24, 2.45) is 0 Å². The molecule has 5 nitrogen and oxygen atoms in total. The summed E-state index contributed by atoms with van der Waals surface area (Å²) < 4.78 is 11.1. The summed E-state index contributed by atoms with van der Waals surface area (Å²) in [5, 5.41) is 10.1. The van der Waals surface area contributed by atoms with Gasteiger partial charge in [-0.1, -0.05) is 0 Å². The van der Waals surface area contributed by atoms with Crippen molar-refractivity contribution in [2.45, 2.75) is 32.2 Å². The Morgan fingerprint density at radius 3 is 2.87 bits per heavy atom. The standard InChI is InChI=1S/C10H17N3O2/c1-10(2)14-6-9(7-15-10)11-5-8-3-4-12-13-8/h3-4,9,11H,5-7H2,1-2H3,(H,12,13). The number of hydrogen-bond acceptors (Lipinski definition) is 4. The number of aromatic amines is 1. The molecule has 0 unspecified atom stereocenters. The highest BCUT2D eigenvalue weighted by Crippen LogP contribution is 2.16. The third kappa shape index (κ3) is 3.02. The van der Waals surface area contributed by atoms with Gasteiger partial charge in [0.05, 0.1) is 19.3 Å². The Balaban J connectivity index is 1.73. The second-order valence-electron chi connectivity index (χ2n) is 4.18. The fraction of sp³-hybridized carbons (Fsp3) is 0.700. The normalized spacial score (nSPS) is 21.7. The zero-order chi connectivity index (χ0) is 10.7. The highest BCUT2D eigenvalue weighted by Gasteiger charge is 2.27. The van der Waals surface area contributed by atoms with E-state index in [1.54, 1.807) is 6.20 Å². The molecule has 2 heterocycles. The molecule has 15 heavy (non-hydrogen) atoms. The molecule has 0 atom stereocenters. The van der Waals surface area contributed by atoms with E-state index in [1.165, 1.54) is 0 Å².